The fourth-order valence-electron chi connectivity index (χ4n) is 4.92. The van der Waals surface area contributed by atoms with Crippen LogP contribution in [0.25, 0.3) is 0 Å². The number of nitrogens with one attached hydrogen (secondary N) is 1. The zero-order chi connectivity index (χ0) is 25.9. The second-order valence-corrected chi connectivity index (χ2v) is 9.75. The number of aliphatic imine (C=N–C) groups is 1. The Morgan fingerprint density at radius 3 is 1.95 bits per heavy atom. The summed E-state index contributed by atoms with van der Waals surface area (Å²) in [6, 6.07) is 19.8. The fourth-order valence-corrected chi connectivity index (χ4v) is 5.17. The third-order valence-corrected chi connectivity index (χ3v) is 7.24. The quantitative estimate of drug-likeness (QED) is 0.460. The summed E-state index contributed by atoms with van der Waals surface area (Å²) in [4.78, 5) is 23.1. The molecule has 1 saturated heterocycles. The molecule has 0 aromatic heterocycles. The van der Waals surface area contributed by atoms with E-state index in [0.29, 0.717) is 46.0 Å². The topological polar surface area (TPSA) is 66.4 Å². The van der Waals surface area contributed by atoms with E-state index >= 15 is 0 Å². The van der Waals surface area contributed by atoms with Crippen LogP contribution < -0.4 is 14.8 Å². The van der Waals surface area contributed by atoms with Gasteiger partial charge in [-0.15, -0.1) is 0 Å². The summed E-state index contributed by atoms with van der Waals surface area (Å²) < 4.78 is 11.5. The molecule has 2 atom stereocenters. The summed E-state index contributed by atoms with van der Waals surface area (Å²) in [6.07, 6.45) is 0. The van der Waals surface area contributed by atoms with Gasteiger partial charge in [-0.05, 0) is 47.5 Å². The van der Waals surface area contributed by atoms with Crippen LogP contribution in [0.15, 0.2) is 71.7 Å². The average molecular weight is 539 g/mol. The molecule has 0 unspecified atom stereocenters. The summed E-state index contributed by atoms with van der Waals surface area (Å²) in [5.41, 5.74) is 2.48. The first-order chi connectivity index (χ1) is 18.0. The van der Waals surface area contributed by atoms with Gasteiger partial charge in [0.25, 0.3) is 0 Å². The largest absolute Gasteiger partial charge is 0.496 e. The van der Waals surface area contributed by atoms with Crippen LogP contribution in [-0.2, 0) is 0 Å². The molecule has 3 aromatic carbocycles. The summed E-state index contributed by atoms with van der Waals surface area (Å²) in [5, 5.41) is 4.57. The smallest absolute Gasteiger partial charge is 0.326 e. The molecule has 1 fully saturated rings. The highest BCUT2D eigenvalue weighted by Crippen LogP contribution is 2.46. The van der Waals surface area contributed by atoms with Crippen LogP contribution >= 0.6 is 23.2 Å². The number of carbonyl (C=O) groups excluding carboxylic acids is 1. The number of rotatable bonds is 5. The molecular formula is C28H28Cl2N4O3. The highest BCUT2D eigenvalue weighted by Gasteiger charge is 2.45. The third-order valence-electron chi connectivity index (χ3n) is 6.73. The standard InChI is InChI=1S/C28H28Cl2N4O3/c1-36-22-4-3-5-23(37-2)24(22)27-32-25(18-6-10-20(29)11-7-18)26(19-8-12-21(30)13-9-19)34(27)28(35)33-16-14-31-15-17-33/h3-13,25-26,31H,14-17H2,1-2H3/t25-,26+/m1/s1. The number of ether oxygens (including phenoxy) is 2. The fraction of sp³-hybridized carbons (Fsp3) is 0.286. The average Bonchev–Trinajstić information content (AvgIpc) is 3.33. The molecule has 2 aliphatic rings. The molecule has 0 spiro atoms. The molecule has 37 heavy (non-hydrogen) atoms. The van der Waals surface area contributed by atoms with Crippen molar-refractivity contribution in [2.75, 3.05) is 40.4 Å². The number of amidine groups is 1. The van der Waals surface area contributed by atoms with Gasteiger partial charge in [-0.1, -0.05) is 53.5 Å². The summed E-state index contributed by atoms with van der Waals surface area (Å²) in [5.74, 6) is 1.64. The minimum absolute atomic E-state index is 0.121. The van der Waals surface area contributed by atoms with Crippen LogP contribution in [0, 0.1) is 0 Å². The lowest BCUT2D eigenvalue weighted by Crippen LogP contribution is -2.53. The van der Waals surface area contributed by atoms with Gasteiger partial charge in [0.05, 0.1) is 20.3 Å². The molecule has 0 aliphatic carbocycles. The molecule has 2 heterocycles. The van der Waals surface area contributed by atoms with E-state index in [1.165, 1.54) is 0 Å². The lowest BCUT2D eigenvalue weighted by atomic mass is 9.93. The first-order valence-electron chi connectivity index (χ1n) is 12.1. The summed E-state index contributed by atoms with van der Waals surface area (Å²) >= 11 is 12.5. The minimum atomic E-state index is -0.426. The first-order valence-corrected chi connectivity index (χ1v) is 12.9. The molecular weight excluding hydrogens is 511 g/mol. The summed E-state index contributed by atoms with van der Waals surface area (Å²) in [7, 11) is 3.20. The van der Waals surface area contributed by atoms with Crippen molar-refractivity contribution in [1.29, 1.82) is 0 Å². The third kappa shape index (κ3) is 4.99. The Hall–Kier alpha value is -3.26. The van der Waals surface area contributed by atoms with Gasteiger partial charge in [0.2, 0.25) is 0 Å². The van der Waals surface area contributed by atoms with Gasteiger partial charge in [0.15, 0.2) is 0 Å². The number of halogens is 2. The van der Waals surface area contributed by atoms with E-state index in [-0.39, 0.29) is 6.03 Å². The maximum atomic E-state index is 14.3. The van der Waals surface area contributed by atoms with Crippen molar-refractivity contribution < 1.29 is 14.3 Å². The van der Waals surface area contributed by atoms with Crippen LogP contribution in [0.3, 0.4) is 0 Å². The van der Waals surface area contributed by atoms with Gasteiger partial charge in [-0.2, -0.15) is 0 Å². The van der Waals surface area contributed by atoms with Gasteiger partial charge in [-0.3, -0.25) is 9.89 Å². The van der Waals surface area contributed by atoms with E-state index in [4.69, 9.17) is 37.7 Å². The van der Waals surface area contributed by atoms with Crippen molar-refractivity contribution in [3.63, 3.8) is 0 Å². The van der Waals surface area contributed by atoms with Gasteiger partial charge in [0, 0.05) is 36.2 Å². The lowest BCUT2D eigenvalue weighted by Gasteiger charge is -2.36. The zero-order valence-electron chi connectivity index (χ0n) is 20.7. The van der Waals surface area contributed by atoms with Crippen molar-refractivity contribution in [3.8, 4) is 11.5 Å². The monoisotopic (exact) mass is 538 g/mol. The Labute approximate surface area is 226 Å². The molecule has 2 aliphatic heterocycles. The number of piperazine rings is 1. The van der Waals surface area contributed by atoms with Gasteiger partial charge in [-0.25, -0.2) is 4.79 Å². The highest BCUT2D eigenvalue weighted by atomic mass is 35.5. The van der Waals surface area contributed by atoms with Crippen LogP contribution in [0.4, 0.5) is 4.79 Å². The number of amides is 2. The molecule has 0 saturated carbocycles. The van der Waals surface area contributed by atoms with Crippen molar-refractivity contribution in [2.24, 2.45) is 4.99 Å². The van der Waals surface area contributed by atoms with E-state index in [0.717, 1.165) is 24.2 Å². The van der Waals surface area contributed by atoms with Crippen molar-refractivity contribution in [3.05, 3.63) is 93.5 Å². The van der Waals surface area contributed by atoms with Crippen LogP contribution in [-0.4, -0.2) is 62.1 Å². The van der Waals surface area contributed by atoms with Crippen molar-refractivity contribution in [2.45, 2.75) is 12.1 Å². The van der Waals surface area contributed by atoms with E-state index in [1.807, 2.05) is 71.6 Å². The Balaban J connectivity index is 1.73. The number of carbonyl (C=O) groups is 1. The van der Waals surface area contributed by atoms with Crippen molar-refractivity contribution >= 4 is 35.1 Å². The molecule has 1 N–H and O–H groups in total. The highest BCUT2D eigenvalue weighted by molar-refractivity contribution is 6.30. The van der Waals surface area contributed by atoms with Crippen LogP contribution in [0.5, 0.6) is 11.5 Å². The predicted molar refractivity (Wildman–Crippen MR) is 146 cm³/mol. The van der Waals surface area contributed by atoms with E-state index in [9.17, 15) is 4.79 Å². The molecule has 3 aromatic rings. The van der Waals surface area contributed by atoms with Crippen molar-refractivity contribution in [1.82, 2.24) is 15.1 Å². The molecule has 2 amide bonds. The van der Waals surface area contributed by atoms with Gasteiger partial charge in [0.1, 0.15) is 28.9 Å². The van der Waals surface area contributed by atoms with Gasteiger partial charge >= 0.3 is 6.03 Å². The Kier molecular flexibility index (Phi) is 7.55. The SMILES string of the molecule is COc1cccc(OC)c1C1=N[C@H](c2ccc(Cl)cc2)[C@H](c2ccc(Cl)cc2)N1C(=O)N1CCNCC1. The maximum absolute atomic E-state index is 14.3. The Morgan fingerprint density at radius 2 is 1.41 bits per heavy atom. The number of hydrogen-bond donors (Lipinski definition) is 1. The predicted octanol–water partition coefficient (Wildman–Crippen LogP) is 5.58. The number of nitrogens with zero attached hydrogens (tertiary/aromatic N) is 3. The van der Waals surface area contributed by atoms with Crippen LogP contribution in [0.2, 0.25) is 10.0 Å². The number of benzene rings is 3. The Morgan fingerprint density at radius 1 is 0.865 bits per heavy atom. The summed E-state index contributed by atoms with van der Waals surface area (Å²) in [6.45, 7) is 2.67. The molecule has 7 nitrogen and oxygen atoms in total. The van der Waals surface area contributed by atoms with E-state index in [2.05, 4.69) is 5.32 Å². The second-order valence-electron chi connectivity index (χ2n) is 8.87. The zero-order valence-corrected chi connectivity index (χ0v) is 22.2. The number of hydrogen-bond acceptors (Lipinski definition) is 5. The lowest BCUT2D eigenvalue weighted by molar-refractivity contribution is 0.157. The number of urea groups is 1. The second kappa shape index (κ2) is 11.0. The molecule has 5 rings (SSSR count). The number of methoxy groups -OCH3 is 2. The molecule has 0 bridgehead atoms. The molecule has 192 valence electrons. The normalized spacial score (nSPS) is 19.5. The molecule has 9 heteroatoms. The van der Waals surface area contributed by atoms with Gasteiger partial charge < -0.3 is 19.7 Å². The van der Waals surface area contributed by atoms with Crippen LogP contribution in [0.1, 0.15) is 28.8 Å². The first kappa shape index (κ1) is 25.4. The Bertz CT molecular complexity index is 1270. The maximum Gasteiger partial charge on any atom is 0.326 e. The minimum Gasteiger partial charge on any atom is -0.496 e. The van der Waals surface area contributed by atoms with E-state index in [1.54, 1.807) is 19.1 Å². The molecule has 0 radical (unpaired) electrons. The van der Waals surface area contributed by atoms with E-state index < -0.39 is 12.1 Å².